The second kappa shape index (κ2) is 9.44. The molecule has 0 saturated carbocycles. The van der Waals surface area contributed by atoms with Crippen LogP contribution in [0.3, 0.4) is 0 Å². The Bertz CT molecular complexity index is 1120. The van der Waals surface area contributed by atoms with Gasteiger partial charge in [0.15, 0.2) is 0 Å². The summed E-state index contributed by atoms with van der Waals surface area (Å²) in [5.41, 5.74) is 4.22. The van der Waals surface area contributed by atoms with E-state index in [4.69, 9.17) is 0 Å². The average molecular weight is 454 g/mol. The molecule has 2 atom stereocenters. The highest BCUT2D eigenvalue weighted by Gasteiger charge is 2.36. The van der Waals surface area contributed by atoms with E-state index in [0.29, 0.717) is 19.5 Å². The number of sulfonamides is 1. The Morgan fingerprint density at radius 2 is 1.84 bits per heavy atom. The molecule has 0 bridgehead atoms. The summed E-state index contributed by atoms with van der Waals surface area (Å²) in [6, 6.07) is 18.1. The second-order valence-corrected chi connectivity index (χ2v) is 10.7. The van der Waals surface area contributed by atoms with E-state index in [9.17, 15) is 8.42 Å². The lowest BCUT2D eigenvalue weighted by Gasteiger charge is -2.37. The van der Waals surface area contributed by atoms with E-state index in [1.807, 2.05) is 42.6 Å². The molecule has 0 aliphatic carbocycles. The molecule has 0 spiro atoms. The molecule has 32 heavy (non-hydrogen) atoms. The molecular formula is C24H31N5O2S. The van der Waals surface area contributed by atoms with Crippen LogP contribution in [0, 0.1) is 0 Å². The van der Waals surface area contributed by atoms with Gasteiger partial charge in [0.05, 0.1) is 30.5 Å². The summed E-state index contributed by atoms with van der Waals surface area (Å²) in [6.45, 7) is 1.71. The van der Waals surface area contributed by atoms with Crippen molar-refractivity contribution in [3.8, 4) is 0 Å². The predicted octanol–water partition coefficient (Wildman–Crippen LogP) is 2.91. The largest absolute Gasteiger partial charge is 0.360 e. The molecule has 1 aliphatic rings. The number of nitrogens with zero attached hydrogens (tertiary/aromatic N) is 4. The molecule has 8 heteroatoms. The van der Waals surface area contributed by atoms with Crippen molar-refractivity contribution in [1.29, 1.82) is 0 Å². The van der Waals surface area contributed by atoms with Crippen molar-refractivity contribution in [3.05, 3.63) is 83.9 Å². The Morgan fingerprint density at radius 1 is 1.12 bits per heavy atom. The van der Waals surface area contributed by atoms with Crippen molar-refractivity contribution in [1.82, 2.24) is 19.2 Å². The van der Waals surface area contributed by atoms with Crippen LogP contribution in [0.2, 0.25) is 0 Å². The third-order valence-corrected chi connectivity index (χ3v) is 7.25. The second-order valence-electron chi connectivity index (χ2n) is 8.72. The van der Waals surface area contributed by atoms with Crippen LogP contribution < -0.4 is 4.90 Å². The summed E-state index contributed by atoms with van der Waals surface area (Å²) in [6.07, 6.45) is 5.53. The zero-order valence-corrected chi connectivity index (χ0v) is 19.7. The summed E-state index contributed by atoms with van der Waals surface area (Å²) in [5, 5.41) is 0. The standard InChI is InChI=1S/C24H31N5O2S/c1-27(2)17-24(22-14-25-18-26-22)28-16-21(13-19-9-5-4-6-10-19)29(32(3,30)31)15-20-11-7-8-12-23(20)28/h4-12,14,18,21,24H,13,15-17H2,1-3H3,(H,25,26). The van der Waals surface area contributed by atoms with E-state index in [-0.39, 0.29) is 12.1 Å². The lowest BCUT2D eigenvalue weighted by Crippen LogP contribution is -2.47. The Hall–Kier alpha value is -2.68. The van der Waals surface area contributed by atoms with Crippen molar-refractivity contribution in [3.63, 3.8) is 0 Å². The monoisotopic (exact) mass is 453 g/mol. The lowest BCUT2D eigenvalue weighted by molar-refractivity contribution is 0.305. The first kappa shape index (κ1) is 22.5. The molecule has 170 valence electrons. The minimum atomic E-state index is -3.41. The highest BCUT2D eigenvalue weighted by atomic mass is 32.2. The fourth-order valence-electron chi connectivity index (χ4n) is 4.53. The quantitative estimate of drug-likeness (QED) is 0.596. The number of hydrogen-bond acceptors (Lipinski definition) is 5. The fourth-order valence-corrected chi connectivity index (χ4v) is 5.59. The number of para-hydroxylation sites is 1. The van der Waals surface area contributed by atoms with E-state index in [2.05, 4.69) is 52.1 Å². The number of H-pyrrole nitrogens is 1. The van der Waals surface area contributed by atoms with Gasteiger partial charge in [0.1, 0.15) is 0 Å². The Balaban J connectivity index is 1.81. The highest BCUT2D eigenvalue weighted by molar-refractivity contribution is 7.88. The fraction of sp³-hybridized carbons (Fsp3) is 0.375. The predicted molar refractivity (Wildman–Crippen MR) is 128 cm³/mol. The van der Waals surface area contributed by atoms with Crippen molar-refractivity contribution in [2.45, 2.75) is 25.0 Å². The number of rotatable bonds is 7. The number of aromatic nitrogens is 2. The van der Waals surface area contributed by atoms with Gasteiger partial charge in [-0.3, -0.25) is 0 Å². The van der Waals surface area contributed by atoms with Crippen LogP contribution in [-0.2, 0) is 23.0 Å². The van der Waals surface area contributed by atoms with Gasteiger partial charge in [0, 0.05) is 31.4 Å². The molecule has 7 nitrogen and oxygen atoms in total. The van der Waals surface area contributed by atoms with Gasteiger partial charge < -0.3 is 14.8 Å². The molecule has 1 N–H and O–H groups in total. The lowest BCUT2D eigenvalue weighted by atomic mass is 10.0. The van der Waals surface area contributed by atoms with Gasteiger partial charge in [-0.15, -0.1) is 0 Å². The zero-order valence-electron chi connectivity index (χ0n) is 18.8. The molecular weight excluding hydrogens is 422 g/mol. The molecule has 2 heterocycles. The van der Waals surface area contributed by atoms with Crippen LogP contribution in [0.1, 0.15) is 22.9 Å². The average Bonchev–Trinajstić information content (AvgIpc) is 3.23. The summed E-state index contributed by atoms with van der Waals surface area (Å²) < 4.78 is 27.5. The maximum absolute atomic E-state index is 12.9. The number of benzene rings is 2. The van der Waals surface area contributed by atoms with Crippen LogP contribution in [0.5, 0.6) is 0 Å². The first-order valence-electron chi connectivity index (χ1n) is 10.8. The van der Waals surface area contributed by atoms with E-state index in [1.54, 1.807) is 10.6 Å². The molecule has 1 aliphatic heterocycles. The zero-order chi connectivity index (χ0) is 22.7. The summed E-state index contributed by atoms with van der Waals surface area (Å²) in [7, 11) is 0.695. The highest BCUT2D eigenvalue weighted by Crippen LogP contribution is 2.35. The molecule has 2 unspecified atom stereocenters. The van der Waals surface area contributed by atoms with Crippen LogP contribution in [0.25, 0.3) is 0 Å². The first-order chi connectivity index (χ1) is 15.3. The number of fused-ring (bicyclic) bond motifs is 1. The summed E-state index contributed by atoms with van der Waals surface area (Å²) >= 11 is 0. The molecule has 2 aromatic carbocycles. The van der Waals surface area contributed by atoms with Gasteiger partial charge in [0.2, 0.25) is 10.0 Å². The van der Waals surface area contributed by atoms with Crippen molar-refractivity contribution in [2.24, 2.45) is 0 Å². The van der Waals surface area contributed by atoms with Gasteiger partial charge in [-0.05, 0) is 37.7 Å². The third kappa shape index (κ3) is 5.03. The van der Waals surface area contributed by atoms with Crippen LogP contribution >= 0.6 is 0 Å². The van der Waals surface area contributed by atoms with Crippen molar-refractivity contribution >= 4 is 15.7 Å². The molecule has 3 aromatic rings. The Kier molecular flexibility index (Phi) is 6.64. The molecule has 4 rings (SSSR count). The third-order valence-electron chi connectivity index (χ3n) is 5.97. The molecule has 0 amide bonds. The van der Waals surface area contributed by atoms with Crippen molar-refractivity contribution in [2.75, 3.05) is 38.3 Å². The van der Waals surface area contributed by atoms with Gasteiger partial charge >= 0.3 is 0 Å². The van der Waals surface area contributed by atoms with Gasteiger partial charge in [-0.2, -0.15) is 4.31 Å². The van der Waals surface area contributed by atoms with E-state index < -0.39 is 10.0 Å². The number of likely N-dealkylation sites (N-methyl/N-ethyl adjacent to an activating group) is 1. The van der Waals surface area contributed by atoms with Crippen molar-refractivity contribution < 1.29 is 8.42 Å². The topological polar surface area (TPSA) is 72.5 Å². The van der Waals surface area contributed by atoms with E-state index in [0.717, 1.165) is 29.1 Å². The minimum absolute atomic E-state index is 0.00596. The molecule has 0 saturated heterocycles. The first-order valence-corrected chi connectivity index (χ1v) is 12.7. The number of imidazole rings is 1. The van der Waals surface area contributed by atoms with Crippen LogP contribution in [-0.4, -0.2) is 67.1 Å². The van der Waals surface area contributed by atoms with Gasteiger partial charge in [0.25, 0.3) is 0 Å². The minimum Gasteiger partial charge on any atom is -0.360 e. The molecule has 0 radical (unpaired) electrons. The molecule has 0 fully saturated rings. The smallest absolute Gasteiger partial charge is 0.211 e. The van der Waals surface area contributed by atoms with Crippen LogP contribution in [0.4, 0.5) is 5.69 Å². The van der Waals surface area contributed by atoms with E-state index >= 15 is 0 Å². The SMILES string of the molecule is CN(C)CC(c1cnc[nH]1)N1CC(Cc2ccccc2)N(S(C)(=O)=O)Cc2ccccc21. The van der Waals surface area contributed by atoms with E-state index in [1.165, 1.54) is 6.26 Å². The van der Waals surface area contributed by atoms with Gasteiger partial charge in [-0.1, -0.05) is 48.5 Å². The van der Waals surface area contributed by atoms with Crippen LogP contribution in [0.15, 0.2) is 67.1 Å². The number of anilines is 1. The Morgan fingerprint density at radius 3 is 2.50 bits per heavy atom. The molecule has 1 aromatic heterocycles. The number of hydrogen-bond donors (Lipinski definition) is 1. The maximum atomic E-state index is 12.9. The number of aromatic amines is 1. The van der Waals surface area contributed by atoms with Gasteiger partial charge in [-0.25, -0.2) is 13.4 Å². The Labute approximate surface area is 190 Å². The maximum Gasteiger partial charge on any atom is 0.211 e. The summed E-state index contributed by atoms with van der Waals surface area (Å²) in [4.78, 5) is 12.0. The number of nitrogens with one attached hydrogen (secondary N) is 1. The summed E-state index contributed by atoms with van der Waals surface area (Å²) in [5.74, 6) is 0. The normalized spacial score (nSPS) is 18.4.